The molecule has 0 spiro atoms. The van der Waals surface area contributed by atoms with Gasteiger partial charge in [0.05, 0.1) is 25.6 Å². The Morgan fingerprint density at radius 3 is 2.80 bits per heavy atom. The summed E-state index contributed by atoms with van der Waals surface area (Å²) in [4.78, 5) is 12.2. The Bertz CT molecular complexity index is 680. The van der Waals surface area contributed by atoms with Crippen LogP contribution in [0.3, 0.4) is 0 Å². The molecule has 0 fully saturated rings. The average molecular weight is 296 g/mol. The van der Waals surface area contributed by atoms with Crippen LogP contribution in [0, 0.1) is 5.41 Å². The third kappa shape index (κ3) is 1.94. The van der Waals surface area contributed by atoms with Crippen LogP contribution in [0.4, 0.5) is 5.95 Å². The molecule has 1 aliphatic carbocycles. The number of hydrogen-bond acceptors (Lipinski definition) is 6. The minimum absolute atomic E-state index is 0.0651. The Morgan fingerprint density at radius 1 is 1.40 bits per heavy atom. The number of rotatable bonds is 3. The number of nitrogens with two attached hydrogens (primary N) is 1. The molecule has 0 aromatic carbocycles. The number of anilines is 1. The largest absolute Gasteiger partial charge is 0.395 e. The number of fused-ring (bicyclic) bond motifs is 1. The molecule has 7 nitrogen and oxygen atoms in total. The highest BCUT2D eigenvalue weighted by Gasteiger charge is 2.35. The molecule has 0 saturated carbocycles. The minimum Gasteiger partial charge on any atom is -0.395 e. The van der Waals surface area contributed by atoms with Crippen molar-refractivity contribution in [2.24, 2.45) is 5.41 Å². The number of imidazole rings is 1. The van der Waals surface area contributed by atoms with Crippen molar-refractivity contribution in [2.45, 2.75) is 12.5 Å². The van der Waals surface area contributed by atoms with Gasteiger partial charge in [-0.05, 0) is 6.42 Å². The first kappa shape index (κ1) is 13.3. The third-order valence-electron chi connectivity index (χ3n) is 3.67. The standard InChI is InChI=1S/C12H14ClN5O2/c13-9-8-10(17-11(14)16-9)18(6-15-8)7-1-2-12(3-7,4-19)5-20/h1-2,6-7,19-20H,3-5H2,(H2,14,16,17). The van der Waals surface area contributed by atoms with Crippen molar-refractivity contribution in [1.82, 2.24) is 19.5 Å². The SMILES string of the molecule is Nc1nc(Cl)c2ncn(C3C=CC(CO)(CO)C3)c2n1. The number of allylic oxidation sites excluding steroid dienone is 1. The summed E-state index contributed by atoms with van der Waals surface area (Å²) >= 11 is 5.99. The van der Waals surface area contributed by atoms with Gasteiger partial charge in [0, 0.05) is 5.41 Å². The predicted octanol–water partition coefficient (Wildman–Crippen LogP) is 0.534. The quantitative estimate of drug-likeness (QED) is 0.563. The van der Waals surface area contributed by atoms with Crippen LogP contribution < -0.4 is 5.73 Å². The highest BCUT2D eigenvalue weighted by atomic mass is 35.5. The molecule has 0 saturated heterocycles. The molecular weight excluding hydrogens is 282 g/mol. The molecule has 2 aromatic heterocycles. The smallest absolute Gasteiger partial charge is 0.223 e. The molecular formula is C12H14ClN5O2. The van der Waals surface area contributed by atoms with Crippen molar-refractivity contribution < 1.29 is 10.2 Å². The lowest BCUT2D eigenvalue weighted by atomic mass is 9.89. The van der Waals surface area contributed by atoms with Gasteiger partial charge in [0.25, 0.3) is 0 Å². The highest BCUT2D eigenvalue weighted by molar-refractivity contribution is 6.33. The number of halogens is 1. The molecule has 8 heteroatoms. The summed E-state index contributed by atoms with van der Waals surface area (Å²) in [7, 11) is 0. The van der Waals surface area contributed by atoms with E-state index >= 15 is 0 Å². The normalized spacial score (nSPS) is 20.9. The summed E-state index contributed by atoms with van der Waals surface area (Å²) in [5.41, 5.74) is 6.03. The van der Waals surface area contributed by atoms with Crippen LogP contribution in [0.1, 0.15) is 12.5 Å². The van der Waals surface area contributed by atoms with E-state index in [9.17, 15) is 10.2 Å². The molecule has 2 heterocycles. The van der Waals surface area contributed by atoms with Crippen LogP contribution in [0.5, 0.6) is 0 Å². The van der Waals surface area contributed by atoms with Gasteiger partial charge in [-0.15, -0.1) is 0 Å². The monoisotopic (exact) mass is 295 g/mol. The maximum Gasteiger partial charge on any atom is 0.223 e. The van der Waals surface area contributed by atoms with E-state index in [4.69, 9.17) is 17.3 Å². The zero-order chi connectivity index (χ0) is 14.3. The molecule has 1 atom stereocenters. The summed E-state index contributed by atoms with van der Waals surface area (Å²) in [6.45, 7) is -0.220. The second-order valence-corrected chi connectivity index (χ2v) is 5.36. The first-order chi connectivity index (χ1) is 9.58. The van der Waals surface area contributed by atoms with E-state index in [0.29, 0.717) is 17.6 Å². The zero-order valence-electron chi connectivity index (χ0n) is 10.6. The third-order valence-corrected chi connectivity index (χ3v) is 3.93. The second-order valence-electron chi connectivity index (χ2n) is 5.01. The Labute approximate surface area is 119 Å². The van der Waals surface area contributed by atoms with E-state index in [0.717, 1.165) is 0 Å². The van der Waals surface area contributed by atoms with Crippen LogP contribution in [0.2, 0.25) is 5.15 Å². The molecule has 20 heavy (non-hydrogen) atoms. The molecule has 1 unspecified atom stereocenters. The van der Waals surface area contributed by atoms with E-state index in [1.54, 1.807) is 6.33 Å². The Balaban J connectivity index is 2.03. The maximum absolute atomic E-state index is 9.43. The minimum atomic E-state index is -0.608. The van der Waals surface area contributed by atoms with E-state index in [-0.39, 0.29) is 30.4 Å². The van der Waals surface area contributed by atoms with Crippen LogP contribution in [0.25, 0.3) is 11.2 Å². The van der Waals surface area contributed by atoms with E-state index in [2.05, 4.69) is 15.0 Å². The molecule has 0 radical (unpaired) electrons. The van der Waals surface area contributed by atoms with E-state index < -0.39 is 5.41 Å². The fraction of sp³-hybridized carbons (Fsp3) is 0.417. The van der Waals surface area contributed by atoms with Crippen molar-refractivity contribution in [3.63, 3.8) is 0 Å². The van der Waals surface area contributed by atoms with Gasteiger partial charge < -0.3 is 20.5 Å². The molecule has 3 rings (SSSR count). The molecule has 1 aliphatic rings. The number of nitrogen functional groups attached to an aromatic ring is 1. The average Bonchev–Trinajstić information content (AvgIpc) is 3.02. The van der Waals surface area contributed by atoms with Crippen molar-refractivity contribution >= 4 is 28.7 Å². The lowest BCUT2D eigenvalue weighted by Crippen LogP contribution is -2.26. The van der Waals surface area contributed by atoms with Gasteiger partial charge in [0.2, 0.25) is 5.95 Å². The topological polar surface area (TPSA) is 110 Å². The van der Waals surface area contributed by atoms with Gasteiger partial charge in [-0.3, -0.25) is 0 Å². The first-order valence-corrected chi connectivity index (χ1v) is 6.53. The zero-order valence-corrected chi connectivity index (χ0v) is 11.3. The Kier molecular flexibility index (Phi) is 3.12. The van der Waals surface area contributed by atoms with Crippen molar-refractivity contribution in [3.05, 3.63) is 23.6 Å². The first-order valence-electron chi connectivity index (χ1n) is 6.15. The van der Waals surface area contributed by atoms with E-state index in [1.807, 2.05) is 16.7 Å². The molecule has 0 aliphatic heterocycles. The molecule has 2 aromatic rings. The summed E-state index contributed by atoms with van der Waals surface area (Å²) < 4.78 is 1.82. The number of aliphatic hydroxyl groups is 2. The number of nitrogens with zero attached hydrogens (tertiary/aromatic N) is 4. The van der Waals surface area contributed by atoms with Crippen LogP contribution in [0.15, 0.2) is 18.5 Å². The Hall–Kier alpha value is -1.70. The fourth-order valence-electron chi connectivity index (χ4n) is 2.48. The Morgan fingerprint density at radius 2 is 2.15 bits per heavy atom. The maximum atomic E-state index is 9.43. The second kappa shape index (κ2) is 4.69. The van der Waals surface area contributed by atoms with Crippen molar-refractivity contribution in [2.75, 3.05) is 18.9 Å². The highest BCUT2D eigenvalue weighted by Crippen LogP contribution is 2.38. The van der Waals surface area contributed by atoms with Crippen LogP contribution in [-0.2, 0) is 0 Å². The molecule has 0 bridgehead atoms. The van der Waals surface area contributed by atoms with Crippen LogP contribution in [-0.4, -0.2) is 42.9 Å². The molecule has 4 N–H and O–H groups in total. The predicted molar refractivity (Wildman–Crippen MR) is 74.1 cm³/mol. The summed E-state index contributed by atoms with van der Waals surface area (Å²) in [6, 6.07) is -0.0651. The summed E-state index contributed by atoms with van der Waals surface area (Å²) in [6.07, 6.45) is 5.92. The van der Waals surface area contributed by atoms with Gasteiger partial charge in [-0.1, -0.05) is 23.8 Å². The number of aliphatic hydroxyl groups excluding tert-OH is 2. The van der Waals surface area contributed by atoms with E-state index in [1.165, 1.54) is 0 Å². The fourth-order valence-corrected chi connectivity index (χ4v) is 2.70. The number of aromatic nitrogens is 4. The van der Waals surface area contributed by atoms with Gasteiger partial charge in [0.15, 0.2) is 10.8 Å². The molecule has 0 amide bonds. The summed E-state index contributed by atoms with van der Waals surface area (Å²) in [5.74, 6) is 0.0850. The number of hydrogen-bond donors (Lipinski definition) is 3. The lowest BCUT2D eigenvalue weighted by Gasteiger charge is -2.23. The van der Waals surface area contributed by atoms with Crippen LogP contribution >= 0.6 is 11.6 Å². The van der Waals surface area contributed by atoms with Gasteiger partial charge >= 0.3 is 0 Å². The van der Waals surface area contributed by atoms with Crippen molar-refractivity contribution in [1.29, 1.82) is 0 Å². The molecule has 106 valence electrons. The summed E-state index contributed by atoms with van der Waals surface area (Å²) in [5, 5.41) is 19.1. The lowest BCUT2D eigenvalue weighted by molar-refractivity contribution is 0.0870. The van der Waals surface area contributed by atoms with Gasteiger partial charge in [-0.25, -0.2) is 4.98 Å². The van der Waals surface area contributed by atoms with Gasteiger partial charge in [-0.2, -0.15) is 9.97 Å². The van der Waals surface area contributed by atoms with Gasteiger partial charge in [0.1, 0.15) is 5.52 Å². The van der Waals surface area contributed by atoms with Crippen molar-refractivity contribution in [3.8, 4) is 0 Å².